The first-order valence-corrected chi connectivity index (χ1v) is 3.50. The van der Waals surface area contributed by atoms with Gasteiger partial charge in [-0.2, -0.15) is 0 Å². The summed E-state index contributed by atoms with van der Waals surface area (Å²) in [4.78, 5) is 10.9. The van der Waals surface area contributed by atoms with E-state index in [1.165, 1.54) is 0 Å². The molecule has 1 aromatic carbocycles. The smallest absolute Gasteiger partial charge is 0.262 e. The van der Waals surface area contributed by atoms with Crippen molar-refractivity contribution in [1.82, 2.24) is 0 Å². The Morgan fingerprint density at radius 3 is 3.33 bits per heavy atom. The molecule has 0 saturated carbocycles. The second-order valence-corrected chi connectivity index (χ2v) is 2.47. The number of fused-ring (bicyclic) bond motifs is 1. The van der Waals surface area contributed by atoms with Crippen LogP contribution in [0.4, 0.5) is 11.4 Å². The van der Waals surface area contributed by atoms with Crippen LogP contribution >= 0.6 is 0 Å². The predicted octanol–water partition coefficient (Wildman–Crippen LogP) is 0.400. The molecule has 12 heavy (non-hydrogen) atoms. The van der Waals surface area contributed by atoms with Gasteiger partial charge in [-0.15, -0.1) is 0 Å². The maximum Gasteiger partial charge on any atom is 0.262 e. The third-order valence-electron chi connectivity index (χ3n) is 1.61. The number of carbonyl (C=O) groups excluding carboxylic acids is 1. The molecule has 0 aliphatic carbocycles. The maximum absolute atomic E-state index is 10.9. The minimum absolute atomic E-state index is 0.0520. The zero-order chi connectivity index (χ0) is 8.55. The van der Waals surface area contributed by atoms with E-state index in [1.54, 1.807) is 12.1 Å². The predicted molar refractivity (Wildman–Crippen MR) is 43.8 cm³/mol. The number of amides is 1. The Hall–Kier alpha value is -1.71. The van der Waals surface area contributed by atoms with E-state index in [0.717, 1.165) is 0 Å². The molecule has 0 unspecified atom stereocenters. The number of anilines is 2. The van der Waals surface area contributed by atoms with Crippen LogP contribution < -0.4 is 15.8 Å². The second kappa shape index (κ2) is 2.41. The number of hydrogen-bond acceptors (Lipinski definition) is 3. The second-order valence-electron chi connectivity index (χ2n) is 2.47. The first-order valence-electron chi connectivity index (χ1n) is 3.50. The zero-order valence-electron chi connectivity index (χ0n) is 6.26. The summed E-state index contributed by atoms with van der Waals surface area (Å²) in [6.07, 6.45) is 0. The van der Waals surface area contributed by atoms with Crippen molar-refractivity contribution >= 4 is 17.3 Å². The highest BCUT2D eigenvalue weighted by Crippen LogP contribution is 2.31. The summed E-state index contributed by atoms with van der Waals surface area (Å²) < 4.78 is 5.10. The van der Waals surface area contributed by atoms with Gasteiger partial charge in [-0.3, -0.25) is 4.79 Å². The molecule has 1 radical (unpaired) electrons. The van der Waals surface area contributed by atoms with E-state index < -0.39 is 0 Å². The Bertz CT molecular complexity index is 336. The van der Waals surface area contributed by atoms with Crippen LogP contribution in [0, 0.1) is 6.07 Å². The van der Waals surface area contributed by atoms with E-state index in [-0.39, 0.29) is 12.5 Å². The summed E-state index contributed by atoms with van der Waals surface area (Å²) in [6.45, 7) is 0.0520. The average Bonchev–Trinajstić information content (AvgIpc) is 2.07. The van der Waals surface area contributed by atoms with E-state index >= 15 is 0 Å². The lowest BCUT2D eigenvalue weighted by Gasteiger charge is -2.18. The van der Waals surface area contributed by atoms with E-state index in [2.05, 4.69) is 11.4 Å². The Kier molecular flexibility index (Phi) is 1.40. The van der Waals surface area contributed by atoms with Gasteiger partial charge in [-0.1, -0.05) is 0 Å². The van der Waals surface area contributed by atoms with Crippen molar-refractivity contribution in [1.29, 1.82) is 0 Å². The monoisotopic (exact) mass is 163 g/mol. The van der Waals surface area contributed by atoms with Gasteiger partial charge in [-0.25, -0.2) is 0 Å². The molecule has 2 rings (SSSR count). The topological polar surface area (TPSA) is 64.3 Å². The molecule has 0 fully saturated rings. The molecule has 61 valence electrons. The van der Waals surface area contributed by atoms with Crippen LogP contribution in [0.2, 0.25) is 0 Å². The normalized spacial score (nSPS) is 14.5. The number of nitrogens with two attached hydrogens (primary N) is 1. The van der Waals surface area contributed by atoms with Crippen LogP contribution in [0.25, 0.3) is 0 Å². The van der Waals surface area contributed by atoms with Crippen LogP contribution in [0.3, 0.4) is 0 Å². The van der Waals surface area contributed by atoms with Gasteiger partial charge in [0, 0.05) is 6.07 Å². The molecule has 0 spiro atoms. The Morgan fingerprint density at radius 2 is 2.50 bits per heavy atom. The lowest BCUT2D eigenvalue weighted by atomic mass is 10.2. The molecule has 1 amide bonds. The lowest BCUT2D eigenvalue weighted by Crippen LogP contribution is -2.26. The number of nitrogens with one attached hydrogen (secondary N) is 1. The van der Waals surface area contributed by atoms with Gasteiger partial charge in [0.25, 0.3) is 5.91 Å². The molecule has 0 aromatic heterocycles. The summed E-state index contributed by atoms with van der Waals surface area (Å²) in [5.41, 5.74) is 6.48. The summed E-state index contributed by atoms with van der Waals surface area (Å²) >= 11 is 0. The van der Waals surface area contributed by atoms with Gasteiger partial charge in [0.1, 0.15) is 11.4 Å². The molecule has 4 nitrogen and oxygen atoms in total. The largest absolute Gasteiger partial charge is 0.481 e. The highest BCUT2D eigenvalue weighted by molar-refractivity contribution is 5.98. The standard InChI is InChI=1S/C8H7N2O2/c9-5-2-1-3-6-8(5)10-7(11)4-12-6/h1,3H,4,9H2,(H,10,11). The third-order valence-corrected chi connectivity index (χ3v) is 1.61. The van der Waals surface area contributed by atoms with E-state index in [9.17, 15) is 4.79 Å². The van der Waals surface area contributed by atoms with Gasteiger partial charge in [0.05, 0.1) is 5.69 Å². The minimum Gasteiger partial charge on any atom is -0.481 e. The van der Waals surface area contributed by atoms with E-state index in [4.69, 9.17) is 10.5 Å². The first-order chi connectivity index (χ1) is 5.77. The molecule has 0 saturated heterocycles. The van der Waals surface area contributed by atoms with Crippen LogP contribution in [-0.4, -0.2) is 12.5 Å². The van der Waals surface area contributed by atoms with Gasteiger partial charge in [-0.05, 0) is 12.1 Å². The summed E-state index contributed by atoms with van der Waals surface area (Å²) in [5.74, 6) is 0.416. The van der Waals surface area contributed by atoms with Gasteiger partial charge < -0.3 is 15.8 Å². The van der Waals surface area contributed by atoms with Gasteiger partial charge in [0.2, 0.25) is 0 Å². The highest BCUT2D eigenvalue weighted by Gasteiger charge is 2.17. The van der Waals surface area contributed by atoms with Crippen LogP contribution in [0.15, 0.2) is 12.1 Å². The number of ether oxygens (including phenoxy) is 1. The van der Waals surface area contributed by atoms with Crippen LogP contribution in [-0.2, 0) is 4.79 Å². The van der Waals surface area contributed by atoms with Crippen molar-refractivity contribution in [3.8, 4) is 5.75 Å². The molecule has 1 aliphatic heterocycles. The molecule has 4 heteroatoms. The molecule has 1 heterocycles. The fourth-order valence-electron chi connectivity index (χ4n) is 1.06. The van der Waals surface area contributed by atoms with Crippen LogP contribution in [0.1, 0.15) is 0 Å². The molecular formula is C8H7N2O2. The van der Waals surface area contributed by atoms with Crippen molar-refractivity contribution in [2.24, 2.45) is 0 Å². The van der Waals surface area contributed by atoms with Crippen molar-refractivity contribution in [3.63, 3.8) is 0 Å². The number of rotatable bonds is 0. The number of nitrogen functional groups attached to an aromatic ring is 1. The molecule has 1 aromatic rings. The van der Waals surface area contributed by atoms with E-state index in [0.29, 0.717) is 17.1 Å². The van der Waals surface area contributed by atoms with Crippen molar-refractivity contribution < 1.29 is 9.53 Å². The summed E-state index contributed by atoms with van der Waals surface area (Å²) in [7, 11) is 0. The molecular weight excluding hydrogens is 156 g/mol. The van der Waals surface area contributed by atoms with E-state index in [1.807, 2.05) is 0 Å². The van der Waals surface area contributed by atoms with Crippen LogP contribution in [0.5, 0.6) is 5.75 Å². The maximum atomic E-state index is 10.9. The summed E-state index contributed by atoms with van der Waals surface area (Å²) in [6, 6.07) is 6.13. The molecule has 0 bridgehead atoms. The molecule has 1 aliphatic rings. The first kappa shape index (κ1) is 6.97. The van der Waals surface area contributed by atoms with Gasteiger partial charge in [0.15, 0.2) is 6.61 Å². The average molecular weight is 163 g/mol. The molecule has 3 N–H and O–H groups in total. The van der Waals surface area contributed by atoms with Gasteiger partial charge >= 0.3 is 0 Å². The van der Waals surface area contributed by atoms with Crippen molar-refractivity contribution in [3.05, 3.63) is 18.2 Å². The molecule has 0 atom stereocenters. The van der Waals surface area contributed by atoms with Crippen molar-refractivity contribution in [2.45, 2.75) is 0 Å². The number of hydrogen-bond donors (Lipinski definition) is 2. The minimum atomic E-state index is -0.186. The lowest BCUT2D eigenvalue weighted by molar-refractivity contribution is -0.118. The summed E-state index contributed by atoms with van der Waals surface area (Å²) in [5, 5.41) is 2.61. The fraction of sp³-hybridized carbons (Fsp3) is 0.125. The Morgan fingerprint density at radius 1 is 1.67 bits per heavy atom. The fourth-order valence-corrected chi connectivity index (χ4v) is 1.06. The number of benzene rings is 1. The highest BCUT2D eigenvalue weighted by atomic mass is 16.5. The Balaban J connectivity index is 2.50. The quantitative estimate of drug-likeness (QED) is 0.544. The Labute approximate surface area is 69.3 Å². The van der Waals surface area contributed by atoms with Crippen molar-refractivity contribution in [2.75, 3.05) is 17.7 Å². The third kappa shape index (κ3) is 0.972. The SMILES string of the molecule is Nc1[c]ccc2c1NC(=O)CO2. The number of carbonyl (C=O) groups is 1. The zero-order valence-corrected chi connectivity index (χ0v) is 6.26.